The van der Waals surface area contributed by atoms with Gasteiger partial charge in [0.25, 0.3) is 0 Å². The normalized spacial score (nSPS) is 18.2. The lowest BCUT2D eigenvalue weighted by Crippen LogP contribution is -2.27. The topological polar surface area (TPSA) is 29.3 Å². The average Bonchev–Trinajstić information content (AvgIpc) is 2.48. The predicted octanol–water partition coefficient (Wildman–Crippen LogP) is 2.80. The van der Waals surface area contributed by atoms with E-state index in [1.807, 2.05) is 0 Å². The van der Waals surface area contributed by atoms with Gasteiger partial charge in [0.1, 0.15) is 0 Å². The van der Waals surface area contributed by atoms with Gasteiger partial charge in [0.2, 0.25) is 0 Å². The molecule has 3 rings (SSSR count). The molecule has 0 radical (unpaired) electrons. The molecular weight excluding hydrogens is 208 g/mol. The second-order valence-corrected chi connectivity index (χ2v) is 4.59. The van der Waals surface area contributed by atoms with Crippen molar-refractivity contribution in [2.45, 2.75) is 6.04 Å². The highest BCUT2D eigenvalue weighted by atomic mass is 15.1. The first-order chi connectivity index (χ1) is 8.27. The molecule has 17 heavy (non-hydrogen) atoms. The second-order valence-electron chi connectivity index (χ2n) is 4.59. The van der Waals surface area contributed by atoms with E-state index in [2.05, 4.69) is 60.5 Å². The van der Waals surface area contributed by atoms with Gasteiger partial charge in [-0.15, -0.1) is 0 Å². The van der Waals surface area contributed by atoms with Crippen molar-refractivity contribution in [3.63, 3.8) is 0 Å². The van der Waals surface area contributed by atoms with Crippen LogP contribution in [-0.2, 0) is 0 Å². The van der Waals surface area contributed by atoms with Crippen molar-refractivity contribution in [2.24, 2.45) is 5.73 Å². The van der Waals surface area contributed by atoms with E-state index in [0.717, 1.165) is 6.54 Å². The summed E-state index contributed by atoms with van der Waals surface area (Å²) in [5, 5.41) is 0. The van der Waals surface area contributed by atoms with Crippen LogP contribution in [0.2, 0.25) is 0 Å². The standard InChI is InChI=1S/C15H16N2/c1-17-10-14(16)12-7-3-2-6-11(12)13-8-4-5-9-15(13)17/h2-9,14H,10,16H2,1H3. The summed E-state index contributed by atoms with van der Waals surface area (Å²) in [7, 11) is 2.10. The molecule has 0 spiro atoms. The molecule has 1 aliphatic heterocycles. The van der Waals surface area contributed by atoms with Crippen LogP contribution >= 0.6 is 0 Å². The molecule has 1 unspecified atom stereocenters. The highest BCUT2D eigenvalue weighted by molar-refractivity contribution is 5.82. The largest absolute Gasteiger partial charge is 0.372 e. The van der Waals surface area contributed by atoms with Crippen LogP contribution in [0.4, 0.5) is 5.69 Å². The van der Waals surface area contributed by atoms with Gasteiger partial charge in [-0.05, 0) is 17.2 Å². The van der Waals surface area contributed by atoms with Crippen molar-refractivity contribution in [3.05, 3.63) is 54.1 Å². The number of rotatable bonds is 0. The highest BCUT2D eigenvalue weighted by Crippen LogP contribution is 2.37. The number of benzene rings is 2. The molecule has 0 bridgehead atoms. The number of fused-ring (bicyclic) bond motifs is 3. The Morgan fingerprint density at radius 2 is 1.65 bits per heavy atom. The van der Waals surface area contributed by atoms with Gasteiger partial charge in [-0.2, -0.15) is 0 Å². The second kappa shape index (κ2) is 3.90. The Balaban J connectivity index is 2.30. The van der Waals surface area contributed by atoms with Crippen LogP contribution < -0.4 is 10.6 Å². The van der Waals surface area contributed by atoms with Gasteiger partial charge in [0.05, 0.1) is 0 Å². The van der Waals surface area contributed by atoms with E-state index in [0.29, 0.717) is 0 Å². The lowest BCUT2D eigenvalue weighted by Gasteiger charge is -2.21. The fraction of sp³-hybridized carbons (Fsp3) is 0.200. The van der Waals surface area contributed by atoms with Crippen molar-refractivity contribution in [1.82, 2.24) is 0 Å². The smallest absolute Gasteiger partial charge is 0.0479 e. The summed E-state index contributed by atoms with van der Waals surface area (Å²) >= 11 is 0. The quantitative estimate of drug-likeness (QED) is 0.745. The molecule has 0 saturated carbocycles. The number of anilines is 1. The molecule has 1 aliphatic rings. The van der Waals surface area contributed by atoms with Crippen molar-refractivity contribution < 1.29 is 0 Å². The van der Waals surface area contributed by atoms with Gasteiger partial charge in [0.15, 0.2) is 0 Å². The van der Waals surface area contributed by atoms with Crippen LogP contribution in [0.25, 0.3) is 11.1 Å². The zero-order valence-electron chi connectivity index (χ0n) is 9.93. The molecule has 1 atom stereocenters. The van der Waals surface area contributed by atoms with E-state index in [-0.39, 0.29) is 6.04 Å². The van der Waals surface area contributed by atoms with Crippen molar-refractivity contribution in [3.8, 4) is 11.1 Å². The first-order valence-electron chi connectivity index (χ1n) is 5.92. The summed E-state index contributed by atoms with van der Waals surface area (Å²) in [5.74, 6) is 0. The minimum Gasteiger partial charge on any atom is -0.372 e. The molecule has 2 heteroatoms. The molecule has 0 saturated heterocycles. The van der Waals surface area contributed by atoms with Gasteiger partial charge in [0, 0.05) is 30.9 Å². The Labute approximate surface area is 102 Å². The Hall–Kier alpha value is -1.80. The van der Waals surface area contributed by atoms with Gasteiger partial charge in [-0.25, -0.2) is 0 Å². The third kappa shape index (κ3) is 1.61. The first kappa shape index (κ1) is 10.4. The maximum atomic E-state index is 6.27. The Bertz CT molecular complexity index is 499. The number of nitrogens with two attached hydrogens (primary N) is 1. The van der Waals surface area contributed by atoms with E-state index in [1.165, 1.54) is 22.4 Å². The molecule has 0 aliphatic carbocycles. The van der Waals surface area contributed by atoms with Gasteiger partial charge < -0.3 is 10.6 Å². The average molecular weight is 224 g/mol. The van der Waals surface area contributed by atoms with Crippen molar-refractivity contribution in [2.75, 3.05) is 18.5 Å². The molecule has 0 aromatic heterocycles. The van der Waals surface area contributed by atoms with Crippen molar-refractivity contribution >= 4 is 5.69 Å². The summed E-state index contributed by atoms with van der Waals surface area (Å²) in [6, 6.07) is 17.0. The van der Waals surface area contributed by atoms with E-state index in [1.54, 1.807) is 0 Å². The maximum absolute atomic E-state index is 6.27. The van der Waals surface area contributed by atoms with Crippen LogP contribution in [0.1, 0.15) is 11.6 Å². The number of nitrogens with zero attached hydrogens (tertiary/aromatic N) is 1. The molecule has 0 amide bonds. The summed E-state index contributed by atoms with van der Waals surface area (Å²) < 4.78 is 0. The number of likely N-dealkylation sites (N-methyl/N-ethyl adjacent to an activating group) is 1. The van der Waals surface area contributed by atoms with Gasteiger partial charge in [-0.3, -0.25) is 0 Å². The Morgan fingerprint density at radius 1 is 1.00 bits per heavy atom. The SMILES string of the molecule is CN1CC(N)c2ccccc2-c2ccccc21. The van der Waals surface area contributed by atoms with Crippen LogP contribution in [0.15, 0.2) is 48.5 Å². The number of para-hydroxylation sites is 1. The summed E-state index contributed by atoms with van der Waals surface area (Å²) in [6.45, 7) is 0.855. The van der Waals surface area contributed by atoms with Crippen LogP contribution in [0.5, 0.6) is 0 Å². The first-order valence-corrected chi connectivity index (χ1v) is 5.92. The minimum absolute atomic E-state index is 0.0728. The lowest BCUT2D eigenvalue weighted by atomic mass is 9.96. The fourth-order valence-electron chi connectivity index (χ4n) is 2.59. The third-order valence-electron chi connectivity index (χ3n) is 3.44. The summed E-state index contributed by atoms with van der Waals surface area (Å²) in [6.07, 6.45) is 0. The van der Waals surface area contributed by atoms with Gasteiger partial charge in [-0.1, -0.05) is 42.5 Å². The molecule has 2 aromatic carbocycles. The minimum atomic E-state index is 0.0728. The summed E-state index contributed by atoms with van der Waals surface area (Å²) in [5.41, 5.74) is 11.3. The van der Waals surface area contributed by atoms with E-state index in [4.69, 9.17) is 5.73 Å². The zero-order valence-corrected chi connectivity index (χ0v) is 9.93. The summed E-state index contributed by atoms with van der Waals surface area (Å²) in [4.78, 5) is 2.24. The third-order valence-corrected chi connectivity index (χ3v) is 3.44. The van der Waals surface area contributed by atoms with Crippen LogP contribution in [0, 0.1) is 0 Å². The molecule has 2 nitrogen and oxygen atoms in total. The predicted molar refractivity (Wildman–Crippen MR) is 72.1 cm³/mol. The van der Waals surface area contributed by atoms with Crippen molar-refractivity contribution in [1.29, 1.82) is 0 Å². The number of hydrogen-bond acceptors (Lipinski definition) is 2. The molecule has 86 valence electrons. The highest BCUT2D eigenvalue weighted by Gasteiger charge is 2.21. The monoisotopic (exact) mass is 224 g/mol. The molecule has 1 heterocycles. The molecule has 0 fully saturated rings. The fourth-order valence-corrected chi connectivity index (χ4v) is 2.59. The van der Waals surface area contributed by atoms with E-state index < -0.39 is 0 Å². The van der Waals surface area contributed by atoms with E-state index >= 15 is 0 Å². The Kier molecular flexibility index (Phi) is 2.37. The Morgan fingerprint density at radius 3 is 2.47 bits per heavy atom. The zero-order chi connectivity index (χ0) is 11.8. The molecular formula is C15H16N2. The molecule has 2 aromatic rings. The van der Waals surface area contributed by atoms with Crippen LogP contribution in [-0.4, -0.2) is 13.6 Å². The molecule has 2 N–H and O–H groups in total. The number of hydrogen-bond donors (Lipinski definition) is 1. The van der Waals surface area contributed by atoms with Crippen LogP contribution in [0.3, 0.4) is 0 Å². The maximum Gasteiger partial charge on any atom is 0.0479 e. The van der Waals surface area contributed by atoms with Gasteiger partial charge >= 0.3 is 0 Å². The van der Waals surface area contributed by atoms with E-state index in [9.17, 15) is 0 Å². The lowest BCUT2D eigenvalue weighted by molar-refractivity contribution is 0.712.